The quantitative estimate of drug-likeness (QED) is 0.846. The van der Waals surface area contributed by atoms with Crippen molar-refractivity contribution in [3.8, 4) is 0 Å². The van der Waals surface area contributed by atoms with E-state index in [2.05, 4.69) is 5.32 Å². The minimum absolute atomic E-state index is 0.235. The topological polar surface area (TPSA) is 32.3 Å². The molecule has 0 spiro atoms. The van der Waals surface area contributed by atoms with Crippen LogP contribution in [0, 0.1) is 5.92 Å². The summed E-state index contributed by atoms with van der Waals surface area (Å²) in [7, 11) is 3.26. The molecule has 0 bridgehead atoms. The summed E-state index contributed by atoms with van der Waals surface area (Å²) >= 11 is 11.5. The van der Waals surface area contributed by atoms with Crippen molar-refractivity contribution in [1.82, 2.24) is 0 Å². The number of rotatable bonds is 3. The van der Waals surface area contributed by atoms with E-state index in [-0.39, 0.29) is 12.1 Å². The number of nitrogens with one attached hydrogen (secondary N) is 1. The molecule has 0 heterocycles. The van der Waals surface area contributed by atoms with Crippen LogP contribution < -0.4 is 10.2 Å². The Morgan fingerprint density at radius 1 is 1.38 bits per heavy atom. The molecule has 0 saturated heterocycles. The highest BCUT2D eigenvalue weighted by Gasteiger charge is 2.56. The first kappa shape index (κ1) is 16.2. The normalized spacial score (nSPS) is 20.0. The summed E-state index contributed by atoms with van der Waals surface area (Å²) in [5.74, 6) is -1.29. The lowest BCUT2D eigenvalue weighted by atomic mass is 10.1. The second-order valence-corrected chi connectivity index (χ2v) is 6.67. The van der Waals surface area contributed by atoms with Gasteiger partial charge in [0.25, 0.3) is 0 Å². The molecule has 21 heavy (non-hydrogen) atoms. The van der Waals surface area contributed by atoms with Gasteiger partial charge in [-0.1, -0.05) is 0 Å². The van der Waals surface area contributed by atoms with E-state index in [1.54, 1.807) is 19.0 Å². The molecule has 1 unspecified atom stereocenters. The second-order valence-electron chi connectivity index (χ2n) is 5.13. The maximum Gasteiger partial charge on any atom is 0.418 e. The van der Waals surface area contributed by atoms with Crippen LogP contribution in [-0.2, 0) is 11.0 Å². The molecule has 1 amide bonds. The van der Waals surface area contributed by atoms with Gasteiger partial charge >= 0.3 is 6.18 Å². The predicted molar refractivity (Wildman–Crippen MR) is 76.9 cm³/mol. The first-order valence-electron chi connectivity index (χ1n) is 6.09. The van der Waals surface area contributed by atoms with Crippen LogP contribution in [0.15, 0.2) is 18.2 Å². The molecule has 0 radical (unpaired) electrons. The van der Waals surface area contributed by atoms with E-state index < -0.39 is 27.9 Å². The Morgan fingerprint density at radius 3 is 2.38 bits per heavy atom. The van der Waals surface area contributed by atoms with Crippen molar-refractivity contribution in [2.24, 2.45) is 5.92 Å². The summed E-state index contributed by atoms with van der Waals surface area (Å²) in [6.45, 7) is 0. The Hall–Kier alpha value is -1.14. The first-order chi connectivity index (χ1) is 9.52. The van der Waals surface area contributed by atoms with Crippen molar-refractivity contribution >= 4 is 40.5 Å². The summed E-state index contributed by atoms with van der Waals surface area (Å²) < 4.78 is 38.1. The molecule has 116 valence electrons. The molecular formula is C13H13Cl2F3N2O. The standard InChI is InChI=1S/C13H13Cl2F3N2O/c1-20(2)7-3-4-10(8(5-7)13(16,17)18)19-11(21)9-6-12(9,14)15/h3-5,9H,6H2,1-2H3,(H,19,21). The summed E-state index contributed by atoms with van der Waals surface area (Å²) in [6, 6.07) is 3.70. The molecule has 1 aromatic carbocycles. The van der Waals surface area contributed by atoms with Crippen LogP contribution in [0.5, 0.6) is 0 Å². The van der Waals surface area contributed by atoms with E-state index in [1.165, 1.54) is 12.1 Å². The largest absolute Gasteiger partial charge is 0.418 e. The Kier molecular flexibility index (Phi) is 4.06. The molecular weight excluding hydrogens is 328 g/mol. The Balaban J connectivity index is 2.28. The number of benzene rings is 1. The lowest BCUT2D eigenvalue weighted by molar-refractivity contribution is -0.136. The van der Waals surface area contributed by atoms with Crippen molar-refractivity contribution in [3.05, 3.63) is 23.8 Å². The fraction of sp³-hybridized carbons (Fsp3) is 0.462. The smallest absolute Gasteiger partial charge is 0.378 e. The van der Waals surface area contributed by atoms with Crippen molar-refractivity contribution in [1.29, 1.82) is 0 Å². The summed E-state index contributed by atoms with van der Waals surface area (Å²) in [5, 5.41) is 2.25. The van der Waals surface area contributed by atoms with Gasteiger partial charge in [0, 0.05) is 19.8 Å². The molecule has 1 fully saturated rings. The lowest BCUT2D eigenvalue weighted by Gasteiger charge is -2.18. The van der Waals surface area contributed by atoms with Gasteiger partial charge in [-0.15, -0.1) is 23.2 Å². The van der Waals surface area contributed by atoms with Gasteiger partial charge in [0.15, 0.2) is 0 Å². The molecule has 1 aromatic rings. The van der Waals surface area contributed by atoms with E-state index in [0.29, 0.717) is 5.69 Å². The zero-order chi connectivity index (χ0) is 16.0. The number of amides is 1. The average Bonchev–Trinajstić information content (AvgIpc) is 2.97. The molecule has 2 rings (SSSR count). The number of anilines is 2. The van der Waals surface area contributed by atoms with Gasteiger partial charge in [-0.2, -0.15) is 13.2 Å². The van der Waals surface area contributed by atoms with Crippen LogP contribution in [0.1, 0.15) is 12.0 Å². The van der Waals surface area contributed by atoms with Crippen LogP contribution >= 0.6 is 23.2 Å². The van der Waals surface area contributed by atoms with Crippen molar-refractivity contribution in [2.75, 3.05) is 24.3 Å². The van der Waals surface area contributed by atoms with E-state index in [1.807, 2.05) is 0 Å². The van der Waals surface area contributed by atoms with Crippen LogP contribution in [0.25, 0.3) is 0 Å². The van der Waals surface area contributed by atoms with Crippen molar-refractivity contribution in [3.63, 3.8) is 0 Å². The number of alkyl halides is 5. The van der Waals surface area contributed by atoms with E-state index in [4.69, 9.17) is 23.2 Å². The van der Waals surface area contributed by atoms with Crippen LogP contribution in [0.2, 0.25) is 0 Å². The summed E-state index contributed by atoms with van der Waals surface area (Å²) in [6.07, 6.45) is -4.34. The number of halogens is 5. The lowest BCUT2D eigenvalue weighted by Crippen LogP contribution is -2.20. The van der Waals surface area contributed by atoms with E-state index >= 15 is 0 Å². The van der Waals surface area contributed by atoms with Gasteiger partial charge in [-0.25, -0.2) is 0 Å². The maximum atomic E-state index is 13.1. The maximum absolute atomic E-state index is 13.1. The molecule has 1 N–H and O–H groups in total. The summed E-state index contributed by atoms with van der Waals surface area (Å²) in [4.78, 5) is 13.4. The van der Waals surface area contributed by atoms with Crippen molar-refractivity contribution in [2.45, 2.75) is 16.9 Å². The molecule has 1 aliphatic rings. The highest BCUT2D eigenvalue weighted by atomic mass is 35.5. The Morgan fingerprint density at radius 2 is 1.95 bits per heavy atom. The number of hydrogen-bond acceptors (Lipinski definition) is 2. The monoisotopic (exact) mass is 340 g/mol. The van der Waals surface area contributed by atoms with Crippen LogP contribution in [0.4, 0.5) is 24.5 Å². The molecule has 0 aromatic heterocycles. The van der Waals surface area contributed by atoms with Gasteiger partial charge in [-0.05, 0) is 24.6 Å². The molecule has 1 atom stereocenters. The number of hydrogen-bond donors (Lipinski definition) is 1. The third kappa shape index (κ3) is 3.55. The number of carbonyl (C=O) groups excluding carboxylic acids is 1. The molecule has 3 nitrogen and oxygen atoms in total. The highest BCUT2D eigenvalue weighted by Crippen LogP contribution is 2.53. The second kappa shape index (κ2) is 5.25. The Labute approximate surface area is 130 Å². The fourth-order valence-electron chi connectivity index (χ4n) is 1.87. The first-order valence-corrected chi connectivity index (χ1v) is 6.85. The highest BCUT2D eigenvalue weighted by molar-refractivity contribution is 6.52. The third-order valence-electron chi connectivity index (χ3n) is 3.23. The molecule has 1 saturated carbocycles. The number of carbonyl (C=O) groups is 1. The van der Waals surface area contributed by atoms with E-state index in [9.17, 15) is 18.0 Å². The average molecular weight is 341 g/mol. The zero-order valence-corrected chi connectivity index (χ0v) is 12.8. The zero-order valence-electron chi connectivity index (χ0n) is 11.3. The molecule has 0 aliphatic heterocycles. The fourth-order valence-corrected chi connectivity index (χ4v) is 2.38. The van der Waals surface area contributed by atoms with E-state index in [0.717, 1.165) is 6.07 Å². The molecule has 1 aliphatic carbocycles. The van der Waals surface area contributed by atoms with Crippen LogP contribution in [0.3, 0.4) is 0 Å². The van der Waals surface area contributed by atoms with Gasteiger partial charge in [0.05, 0.1) is 17.2 Å². The van der Waals surface area contributed by atoms with Gasteiger partial charge < -0.3 is 10.2 Å². The minimum atomic E-state index is -4.57. The Bertz CT molecular complexity index is 573. The molecule has 8 heteroatoms. The van der Waals surface area contributed by atoms with Gasteiger partial charge in [-0.3, -0.25) is 4.79 Å². The third-order valence-corrected chi connectivity index (χ3v) is 4.06. The SMILES string of the molecule is CN(C)c1ccc(NC(=O)C2CC2(Cl)Cl)c(C(F)(F)F)c1. The van der Waals surface area contributed by atoms with Crippen LogP contribution in [-0.4, -0.2) is 24.3 Å². The predicted octanol–water partition coefficient (Wildman–Crippen LogP) is 3.90. The minimum Gasteiger partial charge on any atom is -0.378 e. The number of nitrogens with zero attached hydrogens (tertiary/aromatic N) is 1. The van der Waals surface area contributed by atoms with Gasteiger partial charge in [0.1, 0.15) is 4.33 Å². The van der Waals surface area contributed by atoms with Crippen molar-refractivity contribution < 1.29 is 18.0 Å². The van der Waals surface area contributed by atoms with Gasteiger partial charge in [0.2, 0.25) is 5.91 Å². The summed E-state index contributed by atoms with van der Waals surface area (Å²) in [5.41, 5.74) is -0.817.